The predicted octanol–water partition coefficient (Wildman–Crippen LogP) is 5.67. The van der Waals surface area contributed by atoms with Gasteiger partial charge in [-0.3, -0.25) is 20.0 Å². The summed E-state index contributed by atoms with van der Waals surface area (Å²) < 4.78 is 14.0. The average Bonchev–Trinajstić information content (AvgIpc) is 3.67. The molecule has 0 radical (unpaired) electrons. The third-order valence-electron chi connectivity index (χ3n) is 7.12. The van der Waals surface area contributed by atoms with Crippen molar-refractivity contribution in [2.75, 3.05) is 13.1 Å². The van der Waals surface area contributed by atoms with Gasteiger partial charge in [0, 0.05) is 70.4 Å². The second kappa shape index (κ2) is 9.04. The molecule has 1 aromatic carbocycles. The predicted molar refractivity (Wildman–Crippen MR) is 144 cm³/mol. The topological polar surface area (TPSA) is 107 Å². The van der Waals surface area contributed by atoms with Crippen LogP contribution in [0.25, 0.3) is 55.7 Å². The number of halogens is 1. The quantitative estimate of drug-likeness (QED) is 0.279. The van der Waals surface area contributed by atoms with E-state index in [-0.39, 0.29) is 5.75 Å². The number of phenolic OH excluding ortho intramolecular Hbond substituents is 1. The number of H-pyrrole nitrogens is 2. The molecule has 6 heterocycles. The first-order valence-electron chi connectivity index (χ1n) is 12.6. The maximum absolute atomic E-state index is 14.0. The van der Waals surface area contributed by atoms with E-state index in [4.69, 9.17) is 0 Å². The van der Waals surface area contributed by atoms with Gasteiger partial charge >= 0.3 is 0 Å². The summed E-state index contributed by atoms with van der Waals surface area (Å²) >= 11 is 0. The Balaban J connectivity index is 1.28. The third-order valence-corrected chi connectivity index (χ3v) is 7.12. The number of phenols is 1. The highest BCUT2D eigenvalue weighted by atomic mass is 19.1. The van der Waals surface area contributed by atoms with E-state index in [0.717, 1.165) is 64.5 Å². The molecule has 5 aromatic heterocycles. The van der Waals surface area contributed by atoms with Crippen LogP contribution in [0.2, 0.25) is 0 Å². The Labute approximate surface area is 217 Å². The molecule has 1 aliphatic rings. The second-order valence-corrected chi connectivity index (χ2v) is 9.76. The van der Waals surface area contributed by atoms with Crippen molar-refractivity contribution in [2.45, 2.75) is 19.4 Å². The molecule has 0 atom stereocenters. The maximum atomic E-state index is 14.0. The number of hydrogen-bond donors (Lipinski definition) is 3. The van der Waals surface area contributed by atoms with E-state index in [0.29, 0.717) is 16.9 Å². The molecule has 6 aromatic rings. The summed E-state index contributed by atoms with van der Waals surface area (Å²) in [7, 11) is 0. The van der Waals surface area contributed by atoms with E-state index in [1.807, 2.05) is 30.7 Å². The standard InChI is InChI=1S/C29H24FN7O/c30-21-8-18(9-22(38)11-21)27-23-12-26(34-25(23)3-4-32-27)28-24-10-20(15-33-29(24)36-35-28)19-7-17(13-31-14-19)16-37-5-1-2-6-37/h3-4,7-15,34,38H,1-2,5-6,16H2,(H,33,35,36). The molecule has 1 fully saturated rings. The van der Waals surface area contributed by atoms with Crippen LogP contribution in [0.1, 0.15) is 18.4 Å². The van der Waals surface area contributed by atoms with Gasteiger partial charge in [0.25, 0.3) is 0 Å². The number of aromatic nitrogens is 6. The zero-order valence-corrected chi connectivity index (χ0v) is 20.4. The zero-order valence-electron chi connectivity index (χ0n) is 20.4. The van der Waals surface area contributed by atoms with Crippen LogP contribution < -0.4 is 0 Å². The molecule has 0 unspecified atom stereocenters. The van der Waals surface area contributed by atoms with Crippen LogP contribution >= 0.6 is 0 Å². The van der Waals surface area contributed by atoms with Gasteiger partial charge in [0.2, 0.25) is 0 Å². The van der Waals surface area contributed by atoms with Crippen molar-refractivity contribution in [1.82, 2.24) is 35.0 Å². The SMILES string of the molecule is Oc1cc(F)cc(-c2nccc3[nH]c(-c4[nH]nc5ncc(-c6cncc(CN7CCCC7)c6)cc45)cc23)c1. The number of aromatic amines is 2. The van der Waals surface area contributed by atoms with Crippen molar-refractivity contribution in [1.29, 1.82) is 0 Å². The molecule has 1 saturated heterocycles. The minimum Gasteiger partial charge on any atom is -0.508 e. The van der Waals surface area contributed by atoms with Crippen molar-refractivity contribution in [2.24, 2.45) is 0 Å². The van der Waals surface area contributed by atoms with Crippen molar-refractivity contribution in [3.8, 4) is 39.5 Å². The molecule has 0 saturated carbocycles. The third kappa shape index (κ3) is 4.06. The zero-order chi connectivity index (χ0) is 25.6. The molecule has 188 valence electrons. The number of fused-ring (bicyclic) bond motifs is 2. The van der Waals surface area contributed by atoms with Gasteiger partial charge in [-0.25, -0.2) is 9.37 Å². The Morgan fingerprint density at radius 2 is 1.76 bits per heavy atom. The van der Waals surface area contributed by atoms with Crippen molar-refractivity contribution < 1.29 is 9.50 Å². The first kappa shape index (κ1) is 22.6. The Kier molecular flexibility index (Phi) is 5.36. The van der Waals surface area contributed by atoms with Crippen LogP contribution in [0, 0.1) is 5.82 Å². The Morgan fingerprint density at radius 1 is 0.895 bits per heavy atom. The van der Waals surface area contributed by atoms with Gasteiger partial charge < -0.3 is 10.1 Å². The Hall–Kier alpha value is -4.63. The minimum absolute atomic E-state index is 0.147. The summed E-state index contributed by atoms with van der Waals surface area (Å²) in [5.74, 6) is -0.668. The van der Waals surface area contributed by atoms with Gasteiger partial charge in [-0.1, -0.05) is 0 Å². The van der Waals surface area contributed by atoms with E-state index < -0.39 is 5.82 Å². The fourth-order valence-corrected chi connectivity index (χ4v) is 5.32. The highest BCUT2D eigenvalue weighted by Gasteiger charge is 2.17. The monoisotopic (exact) mass is 505 g/mol. The lowest BCUT2D eigenvalue weighted by Crippen LogP contribution is -2.18. The van der Waals surface area contributed by atoms with Gasteiger partial charge in [-0.15, -0.1) is 0 Å². The van der Waals surface area contributed by atoms with Gasteiger partial charge in [-0.05, 0) is 67.9 Å². The van der Waals surface area contributed by atoms with E-state index in [1.54, 1.807) is 6.20 Å². The van der Waals surface area contributed by atoms with E-state index in [2.05, 4.69) is 47.2 Å². The molecule has 9 heteroatoms. The molecule has 0 spiro atoms. The minimum atomic E-state index is -0.522. The summed E-state index contributed by atoms with van der Waals surface area (Å²) in [5, 5.41) is 19.1. The summed E-state index contributed by atoms with van der Waals surface area (Å²) in [5.41, 5.74) is 7.27. The van der Waals surface area contributed by atoms with E-state index in [9.17, 15) is 9.50 Å². The van der Waals surface area contributed by atoms with Crippen molar-refractivity contribution in [3.05, 3.63) is 78.6 Å². The molecular weight excluding hydrogens is 481 g/mol. The first-order chi connectivity index (χ1) is 18.6. The highest BCUT2D eigenvalue weighted by molar-refractivity contribution is 6.00. The average molecular weight is 506 g/mol. The second-order valence-electron chi connectivity index (χ2n) is 9.76. The summed E-state index contributed by atoms with van der Waals surface area (Å²) in [4.78, 5) is 19.4. The molecule has 1 aliphatic heterocycles. The molecule has 7 rings (SSSR count). The lowest BCUT2D eigenvalue weighted by Gasteiger charge is -2.14. The van der Waals surface area contributed by atoms with Crippen LogP contribution in [0.3, 0.4) is 0 Å². The smallest absolute Gasteiger partial charge is 0.181 e. The number of hydrogen-bond acceptors (Lipinski definition) is 6. The van der Waals surface area contributed by atoms with Crippen LogP contribution in [-0.2, 0) is 6.54 Å². The van der Waals surface area contributed by atoms with Crippen LogP contribution in [0.4, 0.5) is 4.39 Å². The number of aromatic hydroxyl groups is 1. The number of nitrogens with zero attached hydrogens (tertiary/aromatic N) is 5. The molecule has 0 aliphatic carbocycles. The van der Waals surface area contributed by atoms with Gasteiger partial charge in [0.1, 0.15) is 11.6 Å². The summed E-state index contributed by atoms with van der Waals surface area (Å²) in [6.07, 6.45) is 9.80. The number of benzene rings is 1. The molecule has 0 amide bonds. The van der Waals surface area contributed by atoms with Crippen molar-refractivity contribution in [3.63, 3.8) is 0 Å². The molecule has 38 heavy (non-hydrogen) atoms. The Bertz CT molecular complexity index is 1780. The highest BCUT2D eigenvalue weighted by Crippen LogP contribution is 2.35. The molecule has 0 bridgehead atoms. The number of likely N-dealkylation sites (tertiary alicyclic amines) is 1. The molecule has 8 nitrogen and oxygen atoms in total. The number of rotatable bonds is 5. The van der Waals surface area contributed by atoms with Crippen LogP contribution in [-0.4, -0.2) is 53.2 Å². The Morgan fingerprint density at radius 3 is 2.63 bits per heavy atom. The summed E-state index contributed by atoms with van der Waals surface area (Å²) in [6.45, 7) is 3.18. The number of pyridine rings is 3. The van der Waals surface area contributed by atoms with Crippen LogP contribution in [0.5, 0.6) is 5.75 Å². The van der Waals surface area contributed by atoms with E-state index >= 15 is 0 Å². The number of nitrogens with one attached hydrogen (secondary N) is 2. The van der Waals surface area contributed by atoms with Crippen molar-refractivity contribution >= 4 is 21.9 Å². The largest absolute Gasteiger partial charge is 0.508 e. The summed E-state index contributed by atoms with van der Waals surface area (Å²) in [6, 6.07) is 12.0. The molecule has 3 N–H and O–H groups in total. The van der Waals surface area contributed by atoms with Crippen LogP contribution in [0.15, 0.2) is 67.3 Å². The lowest BCUT2D eigenvalue weighted by atomic mass is 10.0. The fraction of sp³-hybridized carbons (Fsp3) is 0.172. The fourth-order valence-electron chi connectivity index (χ4n) is 5.32. The lowest BCUT2D eigenvalue weighted by molar-refractivity contribution is 0.331. The van der Waals surface area contributed by atoms with Gasteiger partial charge in [-0.2, -0.15) is 5.10 Å². The van der Waals surface area contributed by atoms with Gasteiger partial charge in [0.15, 0.2) is 5.65 Å². The van der Waals surface area contributed by atoms with E-state index in [1.165, 1.54) is 30.5 Å². The van der Waals surface area contributed by atoms with Gasteiger partial charge in [0.05, 0.1) is 17.1 Å². The normalized spacial score (nSPS) is 14.1. The first-order valence-corrected chi connectivity index (χ1v) is 12.6. The molecular formula is C29H24FN7O. The maximum Gasteiger partial charge on any atom is 0.181 e.